The van der Waals surface area contributed by atoms with Crippen LogP contribution < -0.4 is 19.6 Å². The normalized spacial score (nSPS) is 12.1. The monoisotopic (exact) mass is 553 g/mol. The van der Waals surface area contributed by atoms with Crippen molar-refractivity contribution in [1.29, 1.82) is 0 Å². The van der Waals surface area contributed by atoms with Crippen molar-refractivity contribution in [3.8, 4) is 23.8 Å². The van der Waals surface area contributed by atoms with E-state index in [0.717, 1.165) is 5.56 Å². The van der Waals surface area contributed by atoms with E-state index in [-0.39, 0.29) is 22.9 Å². The number of amides is 1. The first-order chi connectivity index (χ1) is 18.2. The number of nitrogens with one attached hydrogen (secondary N) is 2. The number of carbonyl (C=O) groups is 1. The Hall–Kier alpha value is -3.84. The highest BCUT2D eigenvalue weighted by atomic mass is 35.5. The number of rotatable bonds is 12. The Kier molecular flexibility index (Phi) is 10.3. The van der Waals surface area contributed by atoms with Gasteiger partial charge in [0.25, 0.3) is 0 Å². The number of hydrazone groups is 1. The third kappa shape index (κ3) is 8.08. The minimum atomic E-state index is -3.88. The molecule has 1 amide bonds. The zero-order valence-electron chi connectivity index (χ0n) is 21.0. The van der Waals surface area contributed by atoms with Crippen LogP contribution in [0, 0.1) is 19.3 Å². The second-order valence-corrected chi connectivity index (χ2v) is 10.3. The Labute approximate surface area is 228 Å². The maximum atomic E-state index is 13.0. The highest BCUT2D eigenvalue weighted by Crippen LogP contribution is 2.36. The zero-order valence-corrected chi connectivity index (χ0v) is 22.6. The van der Waals surface area contributed by atoms with Gasteiger partial charge >= 0.3 is 0 Å². The van der Waals surface area contributed by atoms with Crippen LogP contribution in [0.2, 0.25) is 5.02 Å². The Balaban J connectivity index is 1.74. The van der Waals surface area contributed by atoms with Crippen LogP contribution in [0.4, 0.5) is 0 Å². The minimum absolute atomic E-state index is 0.0273. The van der Waals surface area contributed by atoms with Crippen LogP contribution in [0.5, 0.6) is 11.5 Å². The van der Waals surface area contributed by atoms with Gasteiger partial charge in [0.2, 0.25) is 15.9 Å². The molecule has 0 saturated carbocycles. The fourth-order valence-electron chi connectivity index (χ4n) is 3.47. The molecule has 10 heteroatoms. The van der Waals surface area contributed by atoms with Gasteiger partial charge in [-0.3, -0.25) is 4.79 Å². The molecule has 0 aliphatic carbocycles. The molecule has 0 unspecified atom stereocenters. The maximum absolute atomic E-state index is 13.0. The molecule has 3 rings (SSSR count). The first kappa shape index (κ1) is 28.7. The standard InChI is InChI=1S/C28H28ClN3O5S/c1-4-15-37-28-24(29)16-21(17-26(28)36-5-2)19-30-31-27(33)18-25(22-9-7-6-8-10-22)32-38(34,35)23-13-11-20(3)12-14-23/h1,6-14,16-17,19,25,32H,5,15,18H2,2-3H3,(H,31,33)/b30-19-/t25-/m1/s1. The van der Waals surface area contributed by atoms with Gasteiger partial charge in [-0.15, -0.1) is 6.42 Å². The molecule has 3 aromatic rings. The van der Waals surface area contributed by atoms with Crippen LogP contribution in [-0.2, 0) is 14.8 Å². The molecule has 0 bridgehead atoms. The van der Waals surface area contributed by atoms with Gasteiger partial charge in [-0.25, -0.2) is 18.6 Å². The van der Waals surface area contributed by atoms with Crippen molar-refractivity contribution in [2.75, 3.05) is 13.2 Å². The largest absolute Gasteiger partial charge is 0.490 e. The lowest BCUT2D eigenvalue weighted by atomic mass is 10.0. The van der Waals surface area contributed by atoms with Crippen LogP contribution >= 0.6 is 11.6 Å². The van der Waals surface area contributed by atoms with E-state index in [9.17, 15) is 13.2 Å². The van der Waals surface area contributed by atoms with Crippen LogP contribution in [0.25, 0.3) is 0 Å². The lowest BCUT2D eigenvalue weighted by Crippen LogP contribution is -2.32. The summed E-state index contributed by atoms with van der Waals surface area (Å²) in [5, 5.41) is 4.27. The molecule has 38 heavy (non-hydrogen) atoms. The van der Waals surface area contributed by atoms with Crippen molar-refractivity contribution in [2.45, 2.75) is 31.2 Å². The molecule has 0 aliphatic rings. The second kappa shape index (κ2) is 13.6. The van der Waals surface area contributed by atoms with Gasteiger partial charge in [0.1, 0.15) is 6.61 Å². The number of terminal acetylenes is 1. The van der Waals surface area contributed by atoms with Gasteiger partial charge in [0.15, 0.2) is 11.5 Å². The predicted molar refractivity (Wildman–Crippen MR) is 148 cm³/mol. The van der Waals surface area contributed by atoms with E-state index in [0.29, 0.717) is 29.2 Å². The summed E-state index contributed by atoms with van der Waals surface area (Å²) < 4.78 is 39.7. The van der Waals surface area contributed by atoms with Crippen LogP contribution in [-0.4, -0.2) is 33.8 Å². The van der Waals surface area contributed by atoms with Gasteiger partial charge in [-0.05, 0) is 49.2 Å². The van der Waals surface area contributed by atoms with E-state index in [2.05, 4.69) is 21.2 Å². The smallest absolute Gasteiger partial charge is 0.242 e. The fraction of sp³-hybridized carbons (Fsp3) is 0.214. The molecule has 8 nitrogen and oxygen atoms in total. The summed E-state index contributed by atoms with van der Waals surface area (Å²) >= 11 is 6.32. The summed E-state index contributed by atoms with van der Waals surface area (Å²) in [7, 11) is -3.88. The molecular formula is C28H28ClN3O5S. The maximum Gasteiger partial charge on any atom is 0.242 e. The van der Waals surface area contributed by atoms with Crippen molar-refractivity contribution in [3.05, 3.63) is 88.4 Å². The number of ether oxygens (including phenoxy) is 2. The van der Waals surface area contributed by atoms with Gasteiger partial charge < -0.3 is 9.47 Å². The van der Waals surface area contributed by atoms with E-state index in [4.69, 9.17) is 27.5 Å². The topological polar surface area (TPSA) is 106 Å². The molecule has 2 N–H and O–H groups in total. The van der Waals surface area contributed by atoms with Crippen LogP contribution in [0.1, 0.15) is 36.1 Å². The Morgan fingerprint density at radius 1 is 1.13 bits per heavy atom. The average molecular weight is 554 g/mol. The first-order valence-corrected chi connectivity index (χ1v) is 13.6. The molecule has 0 spiro atoms. The highest BCUT2D eigenvalue weighted by molar-refractivity contribution is 7.89. The Bertz CT molecular complexity index is 1420. The molecule has 0 aromatic heterocycles. The zero-order chi connectivity index (χ0) is 27.5. The van der Waals surface area contributed by atoms with E-state index < -0.39 is 22.0 Å². The summed E-state index contributed by atoms with van der Waals surface area (Å²) in [5.41, 5.74) is 4.56. The summed E-state index contributed by atoms with van der Waals surface area (Å²) in [6.07, 6.45) is 6.47. The lowest BCUT2D eigenvalue weighted by Gasteiger charge is -2.18. The average Bonchev–Trinajstić information content (AvgIpc) is 2.89. The van der Waals surface area contributed by atoms with Gasteiger partial charge in [-0.2, -0.15) is 5.10 Å². The number of hydrogen-bond acceptors (Lipinski definition) is 6. The summed E-state index contributed by atoms with van der Waals surface area (Å²) in [6, 6.07) is 17.8. The van der Waals surface area contributed by atoms with Crippen LogP contribution in [0.15, 0.2) is 76.7 Å². The lowest BCUT2D eigenvalue weighted by molar-refractivity contribution is -0.121. The molecule has 0 heterocycles. The SMILES string of the molecule is C#CCOc1c(Cl)cc(/C=N\NC(=O)C[C@@H](NS(=O)(=O)c2ccc(C)cc2)c2ccccc2)cc1OCC. The summed E-state index contributed by atoms with van der Waals surface area (Å²) in [4.78, 5) is 12.9. The summed E-state index contributed by atoms with van der Waals surface area (Å²) in [5.74, 6) is 2.59. The molecule has 0 radical (unpaired) electrons. The number of hydrogen-bond donors (Lipinski definition) is 2. The number of benzene rings is 3. The second-order valence-electron chi connectivity index (χ2n) is 8.15. The van der Waals surface area contributed by atoms with E-state index in [1.54, 1.807) is 48.5 Å². The van der Waals surface area contributed by atoms with E-state index in [1.807, 2.05) is 19.9 Å². The quantitative estimate of drug-likeness (QED) is 0.193. The van der Waals surface area contributed by atoms with Crippen molar-refractivity contribution >= 4 is 33.7 Å². The Morgan fingerprint density at radius 2 is 1.84 bits per heavy atom. The number of aryl methyl sites for hydroxylation is 1. The van der Waals surface area contributed by atoms with Gasteiger partial charge in [0, 0.05) is 6.42 Å². The van der Waals surface area contributed by atoms with E-state index in [1.165, 1.54) is 18.3 Å². The first-order valence-electron chi connectivity index (χ1n) is 11.7. The summed E-state index contributed by atoms with van der Waals surface area (Å²) in [6.45, 7) is 4.09. The molecule has 0 fully saturated rings. The fourth-order valence-corrected chi connectivity index (χ4v) is 4.97. The molecule has 3 aromatic carbocycles. The van der Waals surface area contributed by atoms with Crippen molar-refractivity contribution in [3.63, 3.8) is 0 Å². The molecule has 198 valence electrons. The molecule has 1 atom stereocenters. The third-order valence-corrected chi connectivity index (χ3v) is 7.02. The number of nitrogens with zero attached hydrogens (tertiary/aromatic N) is 1. The third-order valence-electron chi connectivity index (χ3n) is 5.25. The predicted octanol–water partition coefficient (Wildman–Crippen LogP) is 4.62. The minimum Gasteiger partial charge on any atom is -0.490 e. The molecule has 0 saturated heterocycles. The van der Waals surface area contributed by atoms with Crippen LogP contribution in [0.3, 0.4) is 0 Å². The van der Waals surface area contributed by atoms with Crippen molar-refractivity contribution in [1.82, 2.24) is 10.1 Å². The number of carbonyl (C=O) groups excluding carboxylic acids is 1. The van der Waals surface area contributed by atoms with Crippen molar-refractivity contribution < 1.29 is 22.7 Å². The highest BCUT2D eigenvalue weighted by Gasteiger charge is 2.23. The molecule has 0 aliphatic heterocycles. The van der Waals surface area contributed by atoms with E-state index >= 15 is 0 Å². The number of sulfonamides is 1. The van der Waals surface area contributed by atoms with Crippen molar-refractivity contribution in [2.24, 2.45) is 5.10 Å². The Morgan fingerprint density at radius 3 is 2.50 bits per heavy atom. The number of halogens is 1. The van der Waals surface area contributed by atoms with Gasteiger partial charge in [-0.1, -0.05) is 65.5 Å². The molecular weight excluding hydrogens is 526 g/mol. The van der Waals surface area contributed by atoms with Gasteiger partial charge in [0.05, 0.1) is 28.8 Å².